The SMILES string of the molecule is O=C(CON=C1c2ccccc2-c2ccccc21)Nc1ccc(N2CCOCC2)cc1. The van der Waals surface area contributed by atoms with Gasteiger partial charge in [0.05, 0.1) is 13.2 Å². The number of ether oxygens (including phenoxy) is 1. The van der Waals surface area contributed by atoms with Gasteiger partial charge in [-0.25, -0.2) is 0 Å². The number of morpholine rings is 1. The predicted molar refractivity (Wildman–Crippen MR) is 122 cm³/mol. The Hall–Kier alpha value is -3.64. The summed E-state index contributed by atoms with van der Waals surface area (Å²) in [6.45, 7) is 3.10. The number of fused-ring (bicyclic) bond motifs is 3. The highest BCUT2D eigenvalue weighted by Gasteiger charge is 2.24. The number of hydrogen-bond donors (Lipinski definition) is 1. The van der Waals surface area contributed by atoms with E-state index in [0.29, 0.717) is 0 Å². The van der Waals surface area contributed by atoms with Gasteiger partial charge in [-0.2, -0.15) is 0 Å². The van der Waals surface area contributed by atoms with Gasteiger partial charge in [0.15, 0.2) is 6.61 Å². The first-order chi connectivity index (χ1) is 15.3. The minimum Gasteiger partial charge on any atom is -0.385 e. The number of carbonyl (C=O) groups is 1. The number of nitrogens with one attached hydrogen (secondary N) is 1. The Morgan fingerprint density at radius 3 is 2.06 bits per heavy atom. The van der Waals surface area contributed by atoms with Crippen molar-refractivity contribution in [2.45, 2.75) is 0 Å². The standard InChI is InChI=1S/C25H23N3O3/c29-24(26-18-9-11-19(12-10-18)28-13-15-30-16-14-28)17-31-27-25-22-7-3-1-5-20(22)21-6-2-4-8-23(21)25/h1-12H,13-17H2,(H,26,29). The lowest BCUT2D eigenvalue weighted by Crippen LogP contribution is -2.36. The first kappa shape index (κ1) is 19.3. The molecule has 1 aliphatic heterocycles. The number of hydrogen-bond acceptors (Lipinski definition) is 5. The van der Waals surface area contributed by atoms with Crippen LogP contribution in [0.1, 0.15) is 11.1 Å². The first-order valence-corrected chi connectivity index (χ1v) is 10.4. The van der Waals surface area contributed by atoms with Gasteiger partial charge >= 0.3 is 0 Å². The zero-order valence-corrected chi connectivity index (χ0v) is 17.1. The highest BCUT2D eigenvalue weighted by atomic mass is 16.6. The molecule has 156 valence electrons. The summed E-state index contributed by atoms with van der Waals surface area (Å²) in [5, 5.41) is 7.16. The maximum atomic E-state index is 12.3. The molecule has 1 saturated heterocycles. The molecular formula is C25H23N3O3. The van der Waals surface area contributed by atoms with Crippen LogP contribution in [-0.4, -0.2) is 44.5 Å². The summed E-state index contributed by atoms with van der Waals surface area (Å²) in [6, 6.07) is 24.0. The Morgan fingerprint density at radius 2 is 1.45 bits per heavy atom. The molecule has 1 heterocycles. The number of amides is 1. The highest BCUT2D eigenvalue weighted by Crippen LogP contribution is 2.36. The maximum Gasteiger partial charge on any atom is 0.265 e. The second-order valence-electron chi connectivity index (χ2n) is 7.50. The van der Waals surface area contributed by atoms with E-state index in [9.17, 15) is 4.79 Å². The van der Waals surface area contributed by atoms with E-state index in [1.807, 2.05) is 60.7 Å². The van der Waals surface area contributed by atoms with E-state index in [4.69, 9.17) is 9.57 Å². The van der Waals surface area contributed by atoms with Gasteiger partial charge in [-0.3, -0.25) is 4.79 Å². The molecule has 0 radical (unpaired) electrons. The normalized spacial score (nSPS) is 14.6. The van der Waals surface area contributed by atoms with Gasteiger partial charge < -0.3 is 19.8 Å². The van der Waals surface area contributed by atoms with Crippen LogP contribution < -0.4 is 10.2 Å². The lowest BCUT2D eigenvalue weighted by Gasteiger charge is -2.28. The molecule has 0 atom stereocenters. The molecule has 0 unspecified atom stereocenters. The summed E-state index contributed by atoms with van der Waals surface area (Å²) < 4.78 is 5.39. The lowest BCUT2D eigenvalue weighted by molar-refractivity contribution is -0.120. The van der Waals surface area contributed by atoms with Crippen molar-refractivity contribution in [2.75, 3.05) is 43.1 Å². The van der Waals surface area contributed by atoms with Crippen molar-refractivity contribution in [1.82, 2.24) is 0 Å². The predicted octanol–water partition coefficient (Wildman–Crippen LogP) is 3.91. The monoisotopic (exact) mass is 413 g/mol. The van der Waals surface area contributed by atoms with Crippen LogP contribution in [-0.2, 0) is 14.4 Å². The molecular weight excluding hydrogens is 390 g/mol. The van der Waals surface area contributed by atoms with Gasteiger partial charge in [-0.1, -0.05) is 53.7 Å². The quantitative estimate of drug-likeness (QED) is 0.504. The van der Waals surface area contributed by atoms with Crippen LogP contribution in [0.2, 0.25) is 0 Å². The molecule has 5 rings (SSSR count). The van der Waals surface area contributed by atoms with E-state index in [2.05, 4.69) is 27.5 Å². The van der Waals surface area contributed by atoms with Crippen LogP contribution in [0.4, 0.5) is 11.4 Å². The third kappa shape index (κ3) is 4.02. The fourth-order valence-corrected chi connectivity index (χ4v) is 4.02. The van der Waals surface area contributed by atoms with E-state index < -0.39 is 0 Å². The number of oxime groups is 1. The van der Waals surface area contributed by atoms with Crippen molar-refractivity contribution in [1.29, 1.82) is 0 Å². The Morgan fingerprint density at radius 1 is 0.871 bits per heavy atom. The third-order valence-corrected chi connectivity index (χ3v) is 5.53. The van der Waals surface area contributed by atoms with Gasteiger partial charge in [0.25, 0.3) is 5.91 Å². The summed E-state index contributed by atoms with van der Waals surface area (Å²) in [4.78, 5) is 20.0. The fraction of sp³-hybridized carbons (Fsp3) is 0.200. The molecule has 0 spiro atoms. The Balaban J connectivity index is 1.22. The Labute approximate surface area is 181 Å². The van der Waals surface area contributed by atoms with Crippen molar-refractivity contribution in [3.63, 3.8) is 0 Å². The number of anilines is 2. The van der Waals surface area contributed by atoms with Crippen LogP contribution in [0, 0.1) is 0 Å². The van der Waals surface area contributed by atoms with E-state index in [1.165, 1.54) is 0 Å². The van der Waals surface area contributed by atoms with Crippen LogP contribution >= 0.6 is 0 Å². The van der Waals surface area contributed by atoms with Crippen molar-refractivity contribution in [2.24, 2.45) is 5.16 Å². The molecule has 1 fully saturated rings. The van der Waals surface area contributed by atoms with Crippen LogP contribution in [0.3, 0.4) is 0 Å². The molecule has 3 aromatic rings. The summed E-state index contributed by atoms with van der Waals surface area (Å²) in [7, 11) is 0. The topological polar surface area (TPSA) is 63.2 Å². The summed E-state index contributed by atoms with van der Waals surface area (Å²) in [6.07, 6.45) is 0. The first-order valence-electron chi connectivity index (χ1n) is 10.4. The molecule has 0 saturated carbocycles. The second-order valence-corrected chi connectivity index (χ2v) is 7.50. The van der Waals surface area contributed by atoms with Crippen molar-refractivity contribution in [3.8, 4) is 11.1 Å². The minimum atomic E-state index is -0.247. The summed E-state index contributed by atoms with van der Waals surface area (Å²) in [5.74, 6) is -0.247. The Bertz CT molecular complexity index is 1070. The zero-order valence-electron chi connectivity index (χ0n) is 17.1. The molecule has 0 bridgehead atoms. The van der Waals surface area contributed by atoms with Gasteiger partial charge in [0, 0.05) is 35.6 Å². The zero-order chi connectivity index (χ0) is 21.0. The van der Waals surface area contributed by atoms with Crippen molar-refractivity contribution in [3.05, 3.63) is 83.9 Å². The number of nitrogens with zero attached hydrogens (tertiary/aromatic N) is 2. The molecule has 6 nitrogen and oxygen atoms in total. The molecule has 3 aromatic carbocycles. The number of carbonyl (C=O) groups excluding carboxylic acids is 1. The van der Waals surface area contributed by atoms with Crippen molar-refractivity contribution < 1.29 is 14.4 Å². The molecule has 6 heteroatoms. The van der Waals surface area contributed by atoms with Crippen molar-refractivity contribution >= 4 is 23.0 Å². The van der Waals surface area contributed by atoms with Crippen LogP contribution in [0.5, 0.6) is 0 Å². The van der Waals surface area contributed by atoms with E-state index in [0.717, 1.165) is 65.6 Å². The average molecular weight is 413 g/mol. The lowest BCUT2D eigenvalue weighted by atomic mass is 10.1. The highest BCUT2D eigenvalue weighted by molar-refractivity contribution is 6.24. The summed E-state index contributed by atoms with van der Waals surface area (Å²) >= 11 is 0. The Kier molecular flexibility index (Phi) is 5.37. The maximum absolute atomic E-state index is 12.3. The van der Waals surface area contributed by atoms with E-state index in [1.54, 1.807) is 0 Å². The van der Waals surface area contributed by atoms with Crippen LogP contribution in [0.25, 0.3) is 11.1 Å². The van der Waals surface area contributed by atoms with E-state index >= 15 is 0 Å². The number of benzene rings is 3. The minimum absolute atomic E-state index is 0.154. The largest absolute Gasteiger partial charge is 0.385 e. The number of rotatable bonds is 5. The van der Waals surface area contributed by atoms with Crippen LogP contribution in [0.15, 0.2) is 78.0 Å². The summed E-state index contributed by atoms with van der Waals surface area (Å²) in [5.41, 5.74) is 6.91. The third-order valence-electron chi connectivity index (χ3n) is 5.53. The average Bonchev–Trinajstić information content (AvgIpc) is 3.14. The molecule has 2 aliphatic rings. The van der Waals surface area contributed by atoms with Gasteiger partial charge in [-0.05, 0) is 35.4 Å². The molecule has 31 heavy (non-hydrogen) atoms. The van der Waals surface area contributed by atoms with Gasteiger partial charge in [0.1, 0.15) is 5.71 Å². The smallest absolute Gasteiger partial charge is 0.265 e. The molecule has 1 N–H and O–H groups in total. The fourth-order valence-electron chi connectivity index (χ4n) is 4.02. The molecule has 1 aliphatic carbocycles. The van der Waals surface area contributed by atoms with E-state index in [-0.39, 0.29) is 12.5 Å². The van der Waals surface area contributed by atoms with Gasteiger partial charge in [0.2, 0.25) is 0 Å². The molecule has 0 aromatic heterocycles. The molecule has 1 amide bonds. The second kappa shape index (κ2) is 8.62. The van der Waals surface area contributed by atoms with Gasteiger partial charge in [-0.15, -0.1) is 0 Å².